The molecule has 1 saturated heterocycles. The maximum absolute atomic E-state index is 12.7. The van der Waals surface area contributed by atoms with Crippen molar-refractivity contribution in [2.75, 3.05) is 4.90 Å². The summed E-state index contributed by atoms with van der Waals surface area (Å²) < 4.78 is 0. The van der Waals surface area contributed by atoms with Gasteiger partial charge >= 0.3 is 6.03 Å². The highest BCUT2D eigenvalue weighted by atomic mass is 16.6. The second-order valence-corrected chi connectivity index (χ2v) is 5.33. The maximum atomic E-state index is 12.7. The van der Waals surface area contributed by atoms with Gasteiger partial charge in [-0.3, -0.25) is 25.0 Å². The van der Waals surface area contributed by atoms with Gasteiger partial charge in [-0.2, -0.15) is 0 Å². The number of imide groups is 2. The number of hydrogen-bond acceptors (Lipinski definition) is 6. The summed E-state index contributed by atoms with van der Waals surface area (Å²) in [6, 6.07) is 9.76. The van der Waals surface area contributed by atoms with Crippen LogP contribution in [0.4, 0.5) is 16.2 Å². The smallest absolute Gasteiger partial charge is 0.335 e. The van der Waals surface area contributed by atoms with Crippen LogP contribution in [0.3, 0.4) is 0 Å². The van der Waals surface area contributed by atoms with Gasteiger partial charge in [-0.25, -0.2) is 9.69 Å². The number of nitro groups is 1. The van der Waals surface area contributed by atoms with E-state index in [1.807, 2.05) is 5.32 Å². The number of phenolic OH excluding ortho intramolecular Hbond substituents is 1. The average molecular weight is 353 g/mol. The molecule has 3 rings (SSSR count). The first-order valence-corrected chi connectivity index (χ1v) is 7.32. The molecule has 0 aromatic heterocycles. The number of carbonyl (C=O) groups is 3. The highest BCUT2D eigenvalue weighted by Crippen LogP contribution is 2.25. The summed E-state index contributed by atoms with van der Waals surface area (Å²) in [5.74, 6) is -1.89. The Hall–Kier alpha value is -4.01. The standard InChI is InChI=1S/C17H11N3O6/c21-13-6-1-3-10(7-13)8-14-15(22)18-17(24)19(16(14)23)11-4-2-5-12(9-11)20(25)26/h1-9,21H,(H,18,22,24)/b14-8-. The second kappa shape index (κ2) is 6.48. The van der Waals surface area contributed by atoms with Gasteiger partial charge in [0.05, 0.1) is 10.6 Å². The molecule has 130 valence electrons. The van der Waals surface area contributed by atoms with E-state index in [1.165, 1.54) is 42.5 Å². The largest absolute Gasteiger partial charge is 0.508 e. The highest BCUT2D eigenvalue weighted by Gasteiger charge is 2.37. The maximum Gasteiger partial charge on any atom is 0.335 e. The molecule has 2 aromatic rings. The van der Waals surface area contributed by atoms with Crippen molar-refractivity contribution in [1.82, 2.24) is 5.32 Å². The van der Waals surface area contributed by atoms with E-state index in [0.29, 0.717) is 10.5 Å². The summed E-state index contributed by atoms with van der Waals surface area (Å²) >= 11 is 0. The van der Waals surface area contributed by atoms with Gasteiger partial charge in [-0.15, -0.1) is 0 Å². The van der Waals surface area contributed by atoms with Gasteiger partial charge in [0.2, 0.25) is 0 Å². The monoisotopic (exact) mass is 353 g/mol. The number of phenols is 1. The minimum atomic E-state index is -1.01. The lowest BCUT2D eigenvalue weighted by molar-refractivity contribution is -0.384. The molecule has 0 saturated carbocycles. The van der Waals surface area contributed by atoms with Gasteiger partial charge in [0.1, 0.15) is 11.3 Å². The number of barbiturate groups is 1. The van der Waals surface area contributed by atoms with Crippen molar-refractivity contribution in [1.29, 1.82) is 0 Å². The lowest BCUT2D eigenvalue weighted by Crippen LogP contribution is -2.54. The van der Waals surface area contributed by atoms with Crippen LogP contribution >= 0.6 is 0 Å². The zero-order chi connectivity index (χ0) is 18.8. The fourth-order valence-corrected chi connectivity index (χ4v) is 2.42. The lowest BCUT2D eigenvalue weighted by Gasteiger charge is -2.26. The predicted octanol–water partition coefficient (Wildman–Crippen LogP) is 1.97. The van der Waals surface area contributed by atoms with E-state index in [9.17, 15) is 29.6 Å². The van der Waals surface area contributed by atoms with Crippen molar-refractivity contribution in [2.24, 2.45) is 0 Å². The number of non-ortho nitro benzene ring substituents is 1. The third-order valence-corrected chi connectivity index (χ3v) is 3.58. The normalized spacial score (nSPS) is 15.9. The Morgan fingerprint density at radius 1 is 1.08 bits per heavy atom. The number of amides is 4. The van der Waals surface area contributed by atoms with Crippen molar-refractivity contribution in [2.45, 2.75) is 0 Å². The molecule has 1 heterocycles. The second-order valence-electron chi connectivity index (χ2n) is 5.33. The number of benzene rings is 2. The molecular weight excluding hydrogens is 342 g/mol. The summed E-state index contributed by atoms with van der Waals surface area (Å²) in [6.07, 6.45) is 1.22. The fourth-order valence-electron chi connectivity index (χ4n) is 2.42. The SMILES string of the molecule is O=C1NC(=O)N(c2cccc([N+](=O)[O-])c2)C(=O)/C1=C\c1cccc(O)c1. The van der Waals surface area contributed by atoms with Crippen molar-refractivity contribution in [3.05, 3.63) is 69.8 Å². The number of nitro benzene ring substituents is 1. The molecular formula is C17H11N3O6. The van der Waals surface area contributed by atoms with Gasteiger partial charge in [0, 0.05) is 12.1 Å². The van der Waals surface area contributed by atoms with Crippen LogP contribution in [0.1, 0.15) is 5.56 Å². The Bertz CT molecular complexity index is 982. The molecule has 0 radical (unpaired) electrons. The zero-order valence-corrected chi connectivity index (χ0v) is 13.1. The number of nitrogens with one attached hydrogen (secondary N) is 1. The Kier molecular flexibility index (Phi) is 4.19. The molecule has 1 aliphatic rings. The van der Waals surface area contributed by atoms with Crippen molar-refractivity contribution >= 4 is 35.3 Å². The Morgan fingerprint density at radius 3 is 2.50 bits per heavy atom. The zero-order valence-electron chi connectivity index (χ0n) is 13.1. The van der Waals surface area contributed by atoms with E-state index < -0.39 is 22.8 Å². The molecule has 0 aliphatic carbocycles. The molecule has 9 nitrogen and oxygen atoms in total. The quantitative estimate of drug-likeness (QED) is 0.375. The van der Waals surface area contributed by atoms with Gasteiger partial charge in [0.25, 0.3) is 17.5 Å². The molecule has 0 bridgehead atoms. The van der Waals surface area contributed by atoms with Crippen LogP contribution in [0, 0.1) is 10.1 Å². The molecule has 2 N–H and O–H groups in total. The number of carbonyl (C=O) groups excluding carboxylic acids is 3. The van der Waals surface area contributed by atoms with Crippen molar-refractivity contribution in [3.8, 4) is 5.75 Å². The minimum absolute atomic E-state index is 0.0454. The van der Waals surface area contributed by atoms with Crippen molar-refractivity contribution < 1.29 is 24.4 Å². The molecule has 0 atom stereocenters. The van der Waals surface area contributed by atoms with Gasteiger partial charge in [-0.05, 0) is 29.8 Å². The van der Waals surface area contributed by atoms with E-state index in [2.05, 4.69) is 0 Å². The minimum Gasteiger partial charge on any atom is -0.508 e. The Balaban J connectivity index is 2.03. The lowest BCUT2D eigenvalue weighted by atomic mass is 10.1. The third-order valence-electron chi connectivity index (χ3n) is 3.58. The average Bonchev–Trinajstić information content (AvgIpc) is 2.59. The Morgan fingerprint density at radius 2 is 1.81 bits per heavy atom. The first-order chi connectivity index (χ1) is 12.4. The highest BCUT2D eigenvalue weighted by molar-refractivity contribution is 6.39. The predicted molar refractivity (Wildman–Crippen MR) is 90.2 cm³/mol. The molecule has 1 fully saturated rings. The molecule has 0 spiro atoms. The van der Waals surface area contributed by atoms with Crippen LogP contribution in [0.2, 0.25) is 0 Å². The number of urea groups is 1. The molecule has 4 amide bonds. The van der Waals surface area contributed by atoms with Crippen LogP contribution in [0.15, 0.2) is 54.1 Å². The van der Waals surface area contributed by atoms with E-state index in [4.69, 9.17) is 0 Å². The summed E-state index contributed by atoms with van der Waals surface area (Å²) in [7, 11) is 0. The van der Waals surface area contributed by atoms with Crippen molar-refractivity contribution in [3.63, 3.8) is 0 Å². The van der Waals surface area contributed by atoms with Crippen LogP contribution in [-0.2, 0) is 9.59 Å². The molecule has 0 unspecified atom stereocenters. The van der Waals surface area contributed by atoms with E-state index in [1.54, 1.807) is 6.07 Å². The number of nitrogens with zero attached hydrogens (tertiary/aromatic N) is 2. The summed E-state index contributed by atoms with van der Waals surface area (Å²) in [6.45, 7) is 0. The number of aromatic hydroxyl groups is 1. The number of anilines is 1. The number of rotatable bonds is 3. The molecule has 9 heteroatoms. The van der Waals surface area contributed by atoms with E-state index >= 15 is 0 Å². The number of hydrogen-bond donors (Lipinski definition) is 2. The van der Waals surface area contributed by atoms with Gasteiger partial charge in [0.15, 0.2) is 0 Å². The first kappa shape index (κ1) is 16.8. The fraction of sp³-hybridized carbons (Fsp3) is 0. The van der Waals surface area contributed by atoms with E-state index in [-0.39, 0.29) is 22.7 Å². The van der Waals surface area contributed by atoms with Crippen LogP contribution in [-0.4, -0.2) is 27.9 Å². The first-order valence-electron chi connectivity index (χ1n) is 7.32. The van der Waals surface area contributed by atoms with Crippen LogP contribution in [0.5, 0.6) is 5.75 Å². The third kappa shape index (κ3) is 3.13. The summed E-state index contributed by atoms with van der Waals surface area (Å²) in [5, 5.41) is 22.4. The van der Waals surface area contributed by atoms with E-state index in [0.717, 1.165) is 6.07 Å². The topological polar surface area (TPSA) is 130 Å². The molecule has 2 aromatic carbocycles. The summed E-state index contributed by atoms with van der Waals surface area (Å²) in [5.41, 5.74) is -0.326. The Labute approximate surface area is 146 Å². The van der Waals surface area contributed by atoms with Gasteiger partial charge in [-0.1, -0.05) is 18.2 Å². The summed E-state index contributed by atoms with van der Waals surface area (Å²) in [4.78, 5) is 47.7. The van der Waals surface area contributed by atoms with Crippen LogP contribution < -0.4 is 10.2 Å². The molecule has 26 heavy (non-hydrogen) atoms. The molecule has 1 aliphatic heterocycles. The van der Waals surface area contributed by atoms with Gasteiger partial charge < -0.3 is 5.11 Å². The van der Waals surface area contributed by atoms with Crippen LogP contribution in [0.25, 0.3) is 6.08 Å².